The summed E-state index contributed by atoms with van der Waals surface area (Å²) in [6.45, 7) is 1.04. The van der Waals surface area contributed by atoms with E-state index in [0.29, 0.717) is 18.2 Å². The van der Waals surface area contributed by atoms with Gasteiger partial charge in [0.1, 0.15) is 0 Å². The van der Waals surface area contributed by atoms with Crippen molar-refractivity contribution in [2.45, 2.75) is 13.0 Å². The van der Waals surface area contributed by atoms with Crippen LogP contribution < -0.4 is 5.73 Å². The molecule has 0 aromatic carbocycles. The molecule has 2 amide bonds. The van der Waals surface area contributed by atoms with Crippen LogP contribution >= 0.6 is 11.6 Å². The lowest BCUT2D eigenvalue weighted by Gasteiger charge is -2.25. The van der Waals surface area contributed by atoms with E-state index in [4.69, 9.17) is 17.3 Å². The lowest BCUT2D eigenvalue weighted by Crippen LogP contribution is -2.40. The number of amides is 2. The largest absolute Gasteiger partial charge is 0.351 e. The summed E-state index contributed by atoms with van der Waals surface area (Å²) < 4.78 is 0. The van der Waals surface area contributed by atoms with E-state index in [1.54, 1.807) is 6.07 Å². The van der Waals surface area contributed by atoms with Crippen molar-refractivity contribution in [3.63, 3.8) is 0 Å². The van der Waals surface area contributed by atoms with Crippen LogP contribution in [0.25, 0.3) is 0 Å². The minimum absolute atomic E-state index is 0.385. The molecule has 2 N–H and O–H groups in total. The monoisotopic (exact) mass is 212 g/mol. The number of rotatable bonds is 0. The number of aromatic nitrogens is 2. The van der Waals surface area contributed by atoms with Crippen molar-refractivity contribution in [3.05, 3.63) is 22.5 Å². The van der Waals surface area contributed by atoms with Gasteiger partial charge in [-0.15, -0.1) is 5.10 Å². The summed E-state index contributed by atoms with van der Waals surface area (Å²) in [5, 5.41) is 8.03. The zero-order valence-corrected chi connectivity index (χ0v) is 8.16. The molecule has 0 unspecified atom stereocenters. The van der Waals surface area contributed by atoms with Gasteiger partial charge in [-0.25, -0.2) is 4.79 Å². The number of hydrogen-bond acceptors (Lipinski definition) is 3. The molecule has 1 aromatic rings. The number of nitrogens with zero attached hydrogens (tertiary/aromatic N) is 3. The van der Waals surface area contributed by atoms with Crippen LogP contribution in [0.1, 0.15) is 11.3 Å². The van der Waals surface area contributed by atoms with Crippen molar-refractivity contribution in [1.82, 2.24) is 15.1 Å². The third-order valence-corrected chi connectivity index (χ3v) is 2.42. The van der Waals surface area contributed by atoms with E-state index >= 15 is 0 Å². The predicted octanol–water partition coefficient (Wildman–Crippen LogP) is 0.567. The van der Waals surface area contributed by atoms with Gasteiger partial charge in [0.05, 0.1) is 12.2 Å². The smallest absolute Gasteiger partial charge is 0.315 e. The fourth-order valence-electron chi connectivity index (χ4n) is 1.48. The van der Waals surface area contributed by atoms with Crippen molar-refractivity contribution < 1.29 is 4.79 Å². The molecule has 1 aromatic heterocycles. The molecule has 0 bridgehead atoms. The fourth-order valence-corrected chi connectivity index (χ4v) is 1.65. The van der Waals surface area contributed by atoms with Gasteiger partial charge in [0.15, 0.2) is 5.15 Å². The topological polar surface area (TPSA) is 72.1 Å². The second-order valence-corrected chi connectivity index (χ2v) is 3.54. The average molecular weight is 213 g/mol. The predicted molar refractivity (Wildman–Crippen MR) is 50.7 cm³/mol. The summed E-state index contributed by atoms with van der Waals surface area (Å²) in [5.74, 6) is 0. The van der Waals surface area contributed by atoms with Gasteiger partial charge < -0.3 is 10.6 Å². The van der Waals surface area contributed by atoms with Crippen LogP contribution in [0, 0.1) is 0 Å². The fraction of sp³-hybridized carbons (Fsp3) is 0.375. The van der Waals surface area contributed by atoms with Crippen molar-refractivity contribution in [1.29, 1.82) is 0 Å². The molecule has 0 saturated carbocycles. The average Bonchev–Trinajstić information content (AvgIpc) is 2.16. The Morgan fingerprint density at radius 1 is 1.57 bits per heavy atom. The first-order chi connectivity index (χ1) is 6.66. The lowest BCUT2D eigenvalue weighted by atomic mass is 10.1. The SMILES string of the molecule is NC(=O)N1CCc2cc(Cl)nnc2C1. The first kappa shape index (κ1) is 9.21. The number of carbonyl (C=O) groups excluding carboxylic acids is 1. The van der Waals surface area contributed by atoms with Crippen molar-refractivity contribution in [2.75, 3.05) is 6.54 Å². The van der Waals surface area contributed by atoms with Crippen LogP contribution in [0.5, 0.6) is 0 Å². The molecule has 74 valence electrons. The minimum Gasteiger partial charge on any atom is -0.351 e. The third kappa shape index (κ3) is 1.63. The number of nitrogens with two attached hydrogens (primary N) is 1. The molecular weight excluding hydrogens is 204 g/mol. The highest BCUT2D eigenvalue weighted by Gasteiger charge is 2.20. The van der Waals surface area contributed by atoms with E-state index in [1.807, 2.05) is 0 Å². The molecule has 5 nitrogen and oxygen atoms in total. The summed E-state index contributed by atoms with van der Waals surface area (Å²) in [7, 11) is 0. The number of primary amides is 1. The molecule has 6 heteroatoms. The Labute approximate surface area is 85.9 Å². The van der Waals surface area contributed by atoms with E-state index in [2.05, 4.69) is 10.2 Å². The Morgan fingerprint density at radius 2 is 2.36 bits per heavy atom. The van der Waals surface area contributed by atoms with Crippen LogP contribution in [-0.4, -0.2) is 27.7 Å². The van der Waals surface area contributed by atoms with Gasteiger partial charge in [-0.05, 0) is 18.1 Å². The lowest BCUT2D eigenvalue weighted by molar-refractivity contribution is 0.201. The highest BCUT2D eigenvalue weighted by atomic mass is 35.5. The molecule has 0 spiro atoms. The molecule has 2 rings (SSSR count). The maximum atomic E-state index is 10.9. The molecular formula is C8H9ClN4O. The Morgan fingerprint density at radius 3 is 3.07 bits per heavy atom. The second-order valence-electron chi connectivity index (χ2n) is 3.15. The van der Waals surface area contributed by atoms with Crippen LogP contribution in [0.3, 0.4) is 0 Å². The van der Waals surface area contributed by atoms with Gasteiger partial charge in [-0.1, -0.05) is 11.6 Å². The maximum absolute atomic E-state index is 10.9. The van der Waals surface area contributed by atoms with Crippen LogP contribution in [0.2, 0.25) is 5.15 Å². The van der Waals surface area contributed by atoms with Crippen LogP contribution in [-0.2, 0) is 13.0 Å². The zero-order chi connectivity index (χ0) is 10.1. The second kappa shape index (κ2) is 3.42. The van der Waals surface area contributed by atoms with Gasteiger partial charge in [0, 0.05) is 6.54 Å². The molecule has 14 heavy (non-hydrogen) atoms. The van der Waals surface area contributed by atoms with Crippen molar-refractivity contribution in [3.8, 4) is 0 Å². The summed E-state index contributed by atoms with van der Waals surface area (Å²) in [5.41, 5.74) is 6.99. The standard InChI is InChI=1S/C8H9ClN4O/c9-7-3-5-1-2-13(8(10)14)4-6(5)11-12-7/h3H,1-2,4H2,(H2,10,14). The molecule has 1 aliphatic rings. The Bertz CT molecular complexity index is 382. The van der Waals surface area contributed by atoms with E-state index < -0.39 is 6.03 Å². The normalized spacial score (nSPS) is 15.1. The molecule has 0 saturated heterocycles. The van der Waals surface area contributed by atoms with Crippen molar-refractivity contribution in [2.24, 2.45) is 5.73 Å². The minimum atomic E-state index is -0.424. The summed E-state index contributed by atoms with van der Waals surface area (Å²) >= 11 is 5.70. The molecule has 1 aliphatic heterocycles. The summed E-state index contributed by atoms with van der Waals surface area (Å²) in [6, 6.07) is 1.36. The molecule has 0 fully saturated rings. The van der Waals surface area contributed by atoms with Gasteiger partial charge in [0.25, 0.3) is 0 Å². The zero-order valence-electron chi connectivity index (χ0n) is 7.40. The Kier molecular flexibility index (Phi) is 2.25. The van der Waals surface area contributed by atoms with Gasteiger partial charge in [-0.3, -0.25) is 0 Å². The first-order valence-corrected chi connectivity index (χ1v) is 4.60. The molecule has 0 aliphatic carbocycles. The van der Waals surface area contributed by atoms with E-state index in [9.17, 15) is 4.79 Å². The van der Waals surface area contributed by atoms with Gasteiger partial charge in [0.2, 0.25) is 0 Å². The van der Waals surface area contributed by atoms with Crippen LogP contribution in [0.4, 0.5) is 4.79 Å². The van der Waals surface area contributed by atoms with E-state index in [1.165, 1.54) is 4.90 Å². The molecule has 2 heterocycles. The van der Waals surface area contributed by atoms with Crippen molar-refractivity contribution >= 4 is 17.6 Å². The Hall–Kier alpha value is -1.36. The number of urea groups is 1. The quantitative estimate of drug-likeness (QED) is 0.683. The van der Waals surface area contributed by atoms with Crippen LogP contribution in [0.15, 0.2) is 6.07 Å². The van der Waals surface area contributed by atoms with Gasteiger partial charge >= 0.3 is 6.03 Å². The highest BCUT2D eigenvalue weighted by Crippen LogP contribution is 2.18. The first-order valence-electron chi connectivity index (χ1n) is 4.22. The van der Waals surface area contributed by atoms with E-state index in [-0.39, 0.29) is 0 Å². The highest BCUT2D eigenvalue weighted by molar-refractivity contribution is 6.29. The number of fused-ring (bicyclic) bond motifs is 1. The molecule has 0 radical (unpaired) electrons. The van der Waals surface area contributed by atoms with E-state index in [0.717, 1.165) is 17.7 Å². The Balaban J connectivity index is 2.27. The molecule has 0 atom stereocenters. The maximum Gasteiger partial charge on any atom is 0.315 e. The summed E-state index contributed by atoms with van der Waals surface area (Å²) in [6.07, 6.45) is 0.730. The summed E-state index contributed by atoms with van der Waals surface area (Å²) in [4.78, 5) is 12.4. The number of carbonyl (C=O) groups is 1. The number of hydrogen-bond donors (Lipinski definition) is 1. The third-order valence-electron chi connectivity index (χ3n) is 2.23. The number of halogens is 1. The van der Waals surface area contributed by atoms with Gasteiger partial charge in [-0.2, -0.15) is 5.10 Å².